The number of carbonyl (C=O) groups is 2. The van der Waals surface area contributed by atoms with Crippen LogP contribution in [0.5, 0.6) is 0 Å². The average molecular weight is 485 g/mol. The van der Waals surface area contributed by atoms with Crippen molar-refractivity contribution in [2.75, 3.05) is 12.4 Å². The van der Waals surface area contributed by atoms with E-state index in [-0.39, 0.29) is 22.9 Å². The number of carbonyl (C=O) groups excluding carboxylic acids is 2. The fraction of sp³-hybridized carbons (Fsp3) is 0.105. The molecule has 0 saturated carbocycles. The number of Topliss-reactive ketones (excluding diaryl/α,β-unsaturated/α-hetero) is 1. The molecule has 0 unspecified atom stereocenters. The maximum absolute atomic E-state index is 13.5. The van der Waals surface area contributed by atoms with E-state index in [1.54, 1.807) is 30.3 Å². The molecule has 31 heavy (non-hydrogen) atoms. The first-order valence-electron chi connectivity index (χ1n) is 8.82. The molecule has 0 fully saturated rings. The van der Waals surface area contributed by atoms with Gasteiger partial charge in [-0.25, -0.2) is 4.79 Å². The Hall–Kier alpha value is -3.93. The van der Waals surface area contributed by atoms with Crippen LogP contribution in [0.4, 0.5) is 11.6 Å². The number of esters is 1. The predicted octanol–water partition coefficient (Wildman–Crippen LogP) is 2.67. The number of fused-ring (bicyclic) bond motifs is 1. The molecule has 0 spiro atoms. The second kappa shape index (κ2) is 8.07. The van der Waals surface area contributed by atoms with Crippen LogP contribution in [0, 0.1) is 10.1 Å². The second-order valence-electron chi connectivity index (χ2n) is 6.44. The highest BCUT2D eigenvalue weighted by atomic mass is 79.9. The van der Waals surface area contributed by atoms with Gasteiger partial charge in [0.2, 0.25) is 5.95 Å². The molecule has 1 aliphatic rings. The number of halogens is 1. The summed E-state index contributed by atoms with van der Waals surface area (Å²) in [7, 11) is 1.18. The Morgan fingerprint density at radius 1 is 1.23 bits per heavy atom. The first-order valence-corrected chi connectivity index (χ1v) is 9.62. The number of rotatable bonds is 5. The van der Waals surface area contributed by atoms with Crippen molar-refractivity contribution in [3.63, 3.8) is 0 Å². The molecule has 1 aliphatic heterocycles. The summed E-state index contributed by atoms with van der Waals surface area (Å²) in [4.78, 5) is 36.9. The summed E-state index contributed by atoms with van der Waals surface area (Å²) < 4.78 is 6.92. The third-order valence-electron chi connectivity index (χ3n) is 4.65. The van der Waals surface area contributed by atoms with Gasteiger partial charge in [0, 0.05) is 22.2 Å². The molecular formula is C19H13BrN6O5. The third-order valence-corrected chi connectivity index (χ3v) is 5.18. The first kappa shape index (κ1) is 20.3. The van der Waals surface area contributed by atoms with Gasteiger partial charge in [-0.15, -0.1) is 0 Å². The van der Waals surface area contributed by atoms with E-state index in [2.05, 4.69) is 36.8 Å². The number of hydrogen-bond donors (Lipinski definition) is 1. The minimum atomic E-state index is -1.00. The zero-order valence-corrected chi connectivity index (χ0v) is 17.4. The molecule has 0 aliphatic carbocycles. The quantitative estimate of drug-likeness (QED) is 0.250. The molecule has 3 aromatic rings. The van der Waals surface area contributed by atoms with Crippen molar-refractivity contribution in [2.45, 2.75) is 6.04 Å². The number of nitrogens with one attached hydrogen (secondary N) is 1. The number of tetrazole rings is 1. The lowest BCUT2D eigenvalue weighted by molar-refractivity contribution is -0.384. The zero-order valence-electron chi connectivity index (χ0n) is 15.9. The van der Waals surface area contributed by atoms with Gasteiger partial charge in [-0.3, -0.25) is 14.9 Å². The Labute approximate surface area is 183 Å². The molecule has 1 N–H and O–H groups in total. The number of non-ortho nitro benzene ring substituents is 1. The minimum absolute atomic E-state index is 0.00512. The Bertz CT molecular complexity index is 1240. The van der Waals surface area contributed by atoms with E-state index < -0.39 is 22.7 Å². The second-order valence-corrected chi connectivity index (χ2v) is 7.36. The Kier molecular flexibility index (Phi) is 5.29. The number of methoxy groups -OCH3 is 1. The molecule has 2 aromatic carbocycles. The number of ketones is 1. The van der Waals surface area contributed by atoms with Crippen molar-refractivity contribution in [1.82, 2.24) is 20.2 Å². The predicted molar refractivity (Wildman–Crippen MR) is 110 cm³/mol. The lowest BCUT2D eigenvalue weighted by atomic mass is 9.89. The van der Waals surface area contributed by atoms with Crippen LogP contribution in [0.2, 0.25) is 0 Å². The molecule has 11 nitrogen and oxygen atoms in total. The third kappa shape index (κ3) is 3.68. The number of benzene rings is 2. The summed E-state index contributed by atoms with van der Waals surface area (Å²) in [6, 6.07) is 11.3. The van der Waals surface area contributed by atoms with E-state index in [1.165, 1.54) is 30.0 Å². The largest absolute Gasteiger partial charge is 0.464 e. The van der Waals surface area contributed by atoms with Crippen LogP contribution in [0.1, 0.15) is 22.0 Å². The summed E-state index contributed by atoms with van der Waals surface area (Å²) >= 11 is 3.32. The number of nitrogens with zero attached hydrogens (tertiary/aromatic N) is 5. The van der Waals surface area contributed by atoms with Crippen molar-refractivity contribution < 1.29 is 19.2 Å². The number of hydrogen-bond acceptors (Lipinski definition) is 9. The van der Waals surface area contributed by atoms with Gasteiger partial charge in [0.1, 0.15) is 11.7 Å². The van der Waals surface area contributed by atoms with Gasteiger partial charge in [-0.05, 0) is 40.3 Å². The van der Waals surface area contributed by atoms with E-state index in [0.717, 1.165) is 4.47 Å². The number of nitro benzene ring substituents is 1. The topological polar surface area (TPSA) is 142 Å². The van der Waals surface area contributed by atoms with Gasteiger partial charge < -0.3 is 10.1 Å². The van der Waals surface area contributed by atoms with Crippen molar-refractivity contribution >= 4 is 39.3 Å². The fourth-order valence-corrected chi connectivity index (χ4v) is 3.53. The molecule has 1 atom stereocenters. The number of anilines is 1. The van der Waals surface area contributed by atoms with Crippen LogP contribution in [0.15, 0.2) is 64.3 Å². The monoisotopic (exact) mass is 484 g/mol. The van der Waals surface area contributed by atoms with Crippen LogP contribution in [0.25, 0.3) is 0 Å². The molecule has 1 aromatic heterocycles. The molecule has 0 amide bonds. The lowest BCUT2D eigenvalue weighted by Gasteiger charge is -2.28. The van der Waals surface area contributed by atoms with E-state index in [0.29, 0.717) is 11.1 Å². The van der Waals surface area contributed by atoms with Crippen molar-refractivity contribution in [3.8, 4) is 0 Å². The highest BCUT2D eigenvalue weighted by Crippen LogP contribution is 2.37. The summed E-state index contributed by atoms with van der Waals surface area (Å²) in [5.74, 6) is -1.20. The molecule has 0 radical (unpaired) electrons. The standard InChI is InChI=1S/C19H13BrN6O5/c1-31-18(28)15-14(17(27)10-5-7-12(20)8-6-10)16(25-19(21-15)22-23-24-25)11-3-2-4-13(9-11)26(29)30/h2-9,16H,1H3,(H,21,22,24)/t16-/m1/s1. The molecule has 0 saturated heterocycles. The maximum atomic E-state index is 13.5. The number of ether oxygens (including phenoxy) is 1. The fourth-order valence-electron chi connectivity index (χ4n) is 3.26. The normalized spacial score (nSPS) is 15.1. The lowest BCUT2D eigenvalue weighted by Crippen LogP contribution is -2.33. The van der Waals surface area contributed by atoms with Crippen LogP contribution < -0.4 is 5.32 Å². The van der Waals surface area contributed by atoms with Gasteiger partial charge in [0.15, 0.2) is 5.78 Å². The first-order chi connectivity index (χ1) is 14.9. The SMILES string of the molecule is COC(=O)C1=C(C(=O)c2ccc(Br)cc2)[C@@H](c2cccc([N+](=O)[O-])c2)n2nnnc2N1. The number of aromatic nitrogens is 4. The average Bonchev–Trinajstić information content (AvgIpc) is 3.25. The maximum Gasteiger partial charge on any atom is 0.355 e. The van der Waals surface area contributed by atoms with Gasteiger partial charge in [0.25, 0.3) is 5.69 Å². The highest BCUT2D eigenvalue weighted by molar-refractivity contribution is 9.10. The van der Waals surface area contributed by atoms with E-state index >= 15 is 0 Å². The van der Waals surface area contributed by atoms with Crippen LogP contribution >= 0.6 is 15.9 Å². The highest BCUT2D eigenvalue weighted by Gasteiger charge is 2.39. The molecule has 12 heteroatoms. The molecule has 4 rings (SSSR count). The van der Waals surface area contributed by atoms with Gasteiger partial charge in [0.05, 0.1) is 17.6 Å². The molecular weight excluding hydrogens is 472 g/mol. The van der Waals surface area contributed by atoms with Crippen molar-refractivity contribution in [3.05, 3.63) is 85.5 Å². The summed E-state index contributed by atoms with van der Waals surface area (Å²) in [6.07, 6.45) is 0. The zero-order chi connectivity index (χ0) is 22.1. The van der Waals surface area contributed by atoms with E-state index in [9.17, 15) is 19.7 Å². The van der Waals surface area contributed by atoms with Crippen molar-refractivity contribution in [2.24, 2.45) is 0 Å². The summed E-state index contributed by atoms with van der Waals surface area (Å²) in [5, 5.41) is 25.4. The van der Waals surface area contributed by atoms with Crippen LogP contribution in [0.3, 0.4) is 0 Å². The minimum Gasteiger partial charge on any atom is -0.464 e. The smallest absolute Gasteiger partial charge is 0.355 e. The molecule has 2 heterocycles. The Morgan fingerprint density at radius 3 is 2.65 bits per heavy atom. The Balaban J connectivity index is 1.96. The van der Waals surface area contributed by atoms with E-state index in [1.807, 2.05) is 0 Å². The number of nitro groups is 1. The number of allylic oxidation sites excluding steroid dienone is 1. The van der Waals surface area contributed by atoms with Gasteiger partial charge in [-0.1, -0.05) is 33.2 Å². The van der Waals surface area contributed by atoms with Crippen molar-refractivity contribution in [1.29, 1.82) is 0 Å². The summed E-state index contributed by atoms with van der Waals surface area (Å²) in [6.45, 7) is 0. The van der Waals surface area contributed by atoms with E-state index in [4.69, 9.17) is 4.74 Å². The van der Waals surface area contributed by atoms with Crippen LogP contribution in [-0.2, 0) is 9.53 Å². The Morgan fingerprint density at radius 2 is 1.97 bits per heavy atom. The van der Waals surface area contributed by atoms with Gasteiger partial charge >= 0.3 is 5.97 Å². The molecule has 0 bridgehead atoms. The molecule has 156 valence electrons. The van der Waals surface area contributed by atoms with Gasteiger partial charge in [-0.2, -0.15) is 4.68 Å². The summed E-state index contributed by atoms with van der Waals surface area (Å²) in [5.41, 5.74) is 0.323. The van der Waals surface area contributed by atoms with Crippen LogP contribution in [-0.4, -0.2) is 44.0 Å².